The first-order chi connectivity index (χ1) is 11.9. The predicted octanol–water partition coefficient (Wildman–Crippen LogP) is 2.26. The summed E-state index contributed by atoms with van der Waals surface area (Å²) in [5.41, 5.74) is 1.44. The number of carbonyl (C=O) groups is 1. The lowest BCUT2D eigenvalue weighted by atomic mass is 10.1. The molecule has 0 saturated carbocycles. The van der Waals surface area contributed by atoms with E-state index in [-0.39, 0.29) is 29.1 Å². The van der Waals surface area contributed by atoms with Crippen LogP contribution in [0.1, 0.15) is 21.5 Å². The van der Waals surface area contributed by atoms with Crippen molar-refractivity contribution >= 4 is 17.3 Å². The summed E-state index contributed by atoms with van der Waals surface area (Å²) in [7, 11) is 0. The Balaban J connectivity index is 2.31. The first-order valence-corrected chi connectivity index (χ1v) is 7.48. The molecule has 2 rings (SSSR count). The molecule has 0 aliphatic heterocycles. The highest BCUT2D eigenvalue weighted by Gasteiger charge is 2.16. The topological polar surface area (TPSA) is 103 Å². The number of nitrogens with one attached hydrogen (secondary N) is 1. The van der Waals surface area contributed by atoms with Crippen LogP contribution in [0, 0.1) is 24.1 Å². The van der Waals surface area contributed by atoms with Crippen molar-refractivity contribution in [3.8, 4) is 6.07 Å². The van der Waals surface area contributed by atoms with Crippen molar-refractivity contribution < 1.29 is 24.1 Å². The van der Waals surface area contributed by atoms with Gasteiger partial charge in [0, 0.05) is 0 Å². The van der Waals surface area contributed by atoms with Crippen molar-refractivity contribution in [3.05, 3.63) is 58.9 Å². The van der Waals surface area contributed by atoms with Crippen LogP contribution >= 0.6 is 0 Å². The molecule has 1 atom stereocenters. The highest BCUT2D eigenvalue weighted by atomic mass is 19.1. The van der Waals surface area contributed by atoms with Gasteiger partial charge in [0.25, 0.3) is 0 Å². The molecule has 1 unspecified atom stereocenters. The number of nitriles is 1. The molecule has 0 bridgehead atoms. The second-order valence-electron chi connectivity index (χ2n) is 5.42. The minimum absolute atomic E-state index is 0.0733. The molecule has 0 aliphatic rings. The smallest absolute Gasteiger partial charge is 0.340 e. The van der Waals surface area contributed by atoms with Crippen LogP contribution in [0.25, 0.3) is 0 Å². The first-order valence-electron chi connectivity index (χ1n) is 7.48. The monoisotopic (exact) mass is 344 g/mol. The molecule has 0 saturated heterocycles. The average molecular weight is 344 g/mol. The number of aliphatic hydroxyl groups is 2. The Morgan fingerprint density at radius 1 is 1.32 bits per heavy atom. The third kappa shape index (κ3) is 4.76. The Morgan fingerprint density at radius 2 is 2.08 bits per heavy atom. The van der Waals surface area contributed by atoms with E-state index in [0.29, 0.717) is 0 Å². The molecule has 0 amide bonds. The molecule has 0 aliphatic carbocycles. The van der Waals surface area contributed by atoms with E-state index in [2.05, 4.69) is 5.32 Å². The molecular formula is C18H17FN2O4. The van der Waals surface area contributed by atoms with Crippen molar-refractivity contribution in [2.24, 2.45) is 0 Å². The number of halogens is 1. The normalized spacial score (nSPS) is 11.5. The minimum Gasteiger partial charge on any atom is -0.459 e. The molecule has 2 aromatic carbocycles. The van der Waals surface area contributed by atoms with Crippen LogP contribution in [0.5, 0.6) is 0 Å². The van der Waals surface area contributed by atoms with Crippen molar-refractivity contribution in [2.45, 2.75) is 13.0 Å². The van der Waals surface area contributed by atoms with Crippen LogP contribution in [0.3, 0.4) is 0 Å². The number of aryl methyl sites for hydroxylation is 1. The molecule has 25 heavy (non-hydrogen) atoms. The number of anilines is 2. The summed E-state index contributed by atoms with van der Waals surface area (Å²) in [5.74, 6) is -1.27. The number of benzene rings is 2. The van der Waals surface area contributed by atoms with Crippen molar-refractivity contribution in [1.29, 1.82) is 5.26 Å². The maximum atomic E-state index is 14.0. The van der Waals surface area contributed by atoms with Gasteiger partial charge in [-0.3, -0.25) is 0 Å². The van der Waals surface area contributed by atoms with Crippen LogP contribution in [0.4, 0.5) is 15.8 Å². The number of ether oxygens (including phenoxy) is 1. The number of rotatable bonds is 6. The SMILES string of the molecule is Cc1ccc(Nc2cc(C#N)ccc2C(=O)OCC(O)CO)c(F)c1. The van der Waals surface area contributed by atoms with Gasteiger partial charge < -0.3 is 20.3 Å². The Labute approximate surface area is 144 Å². The lowest BCUT2D eigenvalue weighted by Crippen LogP contribution is -2.22. The Bertz CT molecular complexity index is 817. The third-order valence-corrected chi connectivity index (χ3v) is 3.38. The Kier molecular flexibility index (Phi) is 6.06. The summed E-state index contributed by atoms with van der Waals surface area (Å²) in [5, 5.41) is 29.8. The number of nitrogens with zero attached hydrogens (tertiary/aromatic N) is 1. The lowest BCUT2D eigenvalue weighted by Gasteiger charge is -2.14. The van der Waals surface area contributed by atoms with Gasteiger partial charge in [0.2, 0.25) is 0 Å². The molecule has 0 radical (unpaired) electrons. The highest BCUT2D eigenvalue weighted by molar-refractivity contribution is 5.97. The maximum absolute atomic E-state index is 14.0. The van der Waals surface area contributed by atoms with Gasteiger partial charge in [0.15, 0.2) is 0 Å². The van der Waals surface area contributed by atoms with Crippen LogP contribution in [0.15, 0.2) is 36.4 Å². The molecule has 7 heteroatoms. The fourth-order valence-electron chi connectivity index (χ4n) is 2.06. The van der Waals surface area contributed by atoms with Crippen LogP contribution in [-0.4, -0.2) is 35.5 Å². The molecule has 3 N–H and O–H groups in total. The van der Waals surface area contributed by atoms with Crippen LogP contribution in [0.2, 0.25) is 0 Å². The fraction of sp³-hybridized carbons (Fsp3) is 0.222. The molecular weight excluding hydrogens is 327 g/mol. The number of hydrogen-bond donors (Lipinski definition) is 3. The second-order valence-corrected chi connectivity index (χ2v) is 5.42. The number of carbonyl (C=O) groups excluding carboxylic acids is 1. The van der Waals surface area contributed by atoms with Gasteiger partial charge in [0.05, 0.1) is 35.2 Å². The van der Waals surface area contributed by atoms with Crippen molar-refractivity contribution in [1.82, 2.24) is 0 Å². The second kappa shape index (κ2) is 8.24. The largest absolute Gasteiger partial charge is 0.459 e. The summed E-state index contributed by atoms with van der Waals surface area (Å²) >= 11 is 0. The maximum Gasteiger partial charge on any atom is 0.340 e. The lowest BCUT2D eigenvalue weighted by molar-refractivity contribution is 0.00941. The van der Waals surface area contributed by atoms with E-state index in [1.54, 1.807) is 13.0 Å². The zero-order chi connectivity index (χ0) is 18.4. The summed E-state index contributed by atoms with van der Waals surface area (Å²) in [6.45, 7) is 0.826. The van der Waals surface area contributed by atoms with E-state index < -0.39 is 24.5 Å². The van der Waals surface area contributed by atoms with Gasteiger partial charge in [0.1, 0.15) is 18.5 Å². The van der Waals surface area contributed by atoms with E-state index >= 15 is 0 Å². The van der Waals surface area contributed by atoms with E-state index in [4.69, 9.17) is 15.1 Å². The van der Waals surface area contributed by atoms with Gasteiger partial charge >= 0.3 is 5.97 Å². The summed E-state index contributed by atoms with van der Waals surface area (Å²) in [6, 6.07) is 10.7. The van der Waals surface area contributed by atoms with E-state index in [9.17, 15) is 14.3 Å². The van der Waals surface area contributed by atoms with Crippen molar-refractivity contribution in [3.63, 3.8) is 0 Å². The third-order valence-electron chi connectivity index (χ3n) is 3.38. The highest BCUT2D eigenvalue weighted by Crippen LogP contribution is 2.25. The Morgan fingerprint density at radius 3 is 2.72 bits per heavy atom. The zero-order valence-electron chi connectivity index (χ0n) is 13.5. The standard InChI is InChI=1S/C18H17FN2O4/c1-11-2-5-16(15(19)6-11)21-17-7-12(8-20)3-4-14(17)18(24)25-10-13(23)9-22/h2-7,13,21-23H,9-10H2,1H3. The molecule has 0 spiro atoms. The number of esters is 1. The Hall–Kier alpha value is -2.95. The van der Waals surface area contributed by atoms with Gasteiger partial charge in [-0.05, 0) is 42.8 Å². The van der Waals surface area contributed by atoms with Gasteiger partial charge in [-0.2, -0.15) is 5.26 Å². The number of aliphatic hydroxyl groups excluding tert-OH is 2. The quantitative estimate of drug-likeness (QED) is 0.695. The summed E-state index contributed by atoms with van der Waals surface area (Å²) in [4.78, 5) is 12.2. The fourth-order valence-corrected chi connectivity index (χ4v) is 2.06. The summed E-state index contributed by atoms with van der Waals surface area (Å²) < 4.78 is 19.0. The first kappa shape index (κ1) is 18.4. The van der Waals surface area contributed by atoms with Crippen LogP contribution < -0.4 is 5.32 Å². The number of hydrogen-bond acceptors (Lipinski definition) is 6. The van der Waals surface area contributed by atoms with E-state index in [1.807, 2.05) is 6.07 Å². The van der Waals surface area contributed by atoms with Gasteiger partial charge in [-0.1, -0.05) is 6.07 Å². The molecule has 130 valence electrons. The van der Waals surface area contributed by atoms with E-state index in [1.165, 1.54) is 30.3 Å². The van der Waals surface area contributed by atoms with E-state index in [0.717, 1.165) is 5.56 Å². The van der Waals surface area contributed by atoms with Gasteiger partial charge in [-0.25, -0.2) is 9.18 Å². The average Bonchev–Trinajstić information content (AvgIpc) is 2.61. The zero-order valence-corrected chi connectivity index (χ0v) is 13.5. The molecule has 0 aromatic heterocycles. The summed E-state index contributed by atoms with van der Waals surface area (Å²) in [6.07, 6.45) is -1.19. The van der Waals surface area contributed by atoms with Gasteiger partial charge in [-0.15, -0.1) is 0 Å². The molecule has 0 heterocycles. The molecule has 0 fully saturated rings. The molecule has 2 aromatic rings. The molecule has 6 nitrogen and oxygen atoms in total. The van der Waals surface area contributed by atoms with Crippen molar-refractivity contribution in [2.75, 3.05) is 18.5 Å². The predicted molar refractivity (Wildman–Crippen MR) is 89.0 cm³/mol. The minimum atomic E-state index is -1.19. The van der Waals surface area contributed by atoms with Crippen LogP contribution in [-0.2, 0) is 4.74 Å².